The molecule has 0 bridgehead atoms. The summed E-state index contributed by atoms with van der Waals surface area (Å²) >= 11 is 1.68. The summed E-state index contributed by atoms with van der Waals surface area (Å²) in [4.78, 5) is 2.15. The number of nitrogens with zero attached hydrogens (tertiary/aromatic N) is 4. The van der Waals surface area contributed by atoms with Gasteiger partial charge >= 0.3 is 0 Å². The molecule has 0 spiro atoms. The van der Waals surface area contributed by atoms with Crippen molar-refractivity contribution in [1.82, 2.24) is 14.8 Å². The van der Waals surface area contributed by atoms with Crippen molar-refractivity contribution in [3.63, 3.8) is 0 Å². The van der Waals surface area contributed by atoms with Crippen LogP contribution in [0.25, 0.3) is 5.69 Å². The van der Waals surface area contributed by atoms with E-state index in [1.54, 1.807) is 17.8 Å². The number of anilines is 1. The number of benzene rings is 2. The van der Waals surface area contributed by atoms with E-state index in [4.69, 9.17) is 4.74 Å². The van der Waals surface area contributed by atoms with E-state index < -0.39 is 0 Å². The third-order valence-electron chi connectivity index (χ3n) is 4.97. The summed E-state index contributed by atoms with van der Waals surface area (Å²) < 4.78 is 21.4. The first-order valence-corrected chi connectivity index (χ1v) is 10.8. The maximum absolute atomic E-state index is 13.9. The smallest absolute Gasteiger partial charge is 0.232 e. The first-order valence-electron chi connectivity index (χ1n) is 9.95. The van der Waals surface area contributed by atoms with Crippen molar-refractivity contribution in [3.05, 3.63) is 66.0 Å². The number of halogens is 1. The molecule has 29 heavy (non-hydrogen) atoms. The number of hydrogen-bond donors (Lipinski definition) is 0. The van der Waals surface area contributed by atoms with Gasteiger partial charge in [0.25, 0.3) is 0 Å². The summed E-state index contributed by atoms with van der Waals surface area (Å²) in [7, 11) is 0. The summed E-state index contributed by atoms with van der Waals surface area (Å²) in [5.74, 6) is 0.480. The van der Waals surface area contributed by atoms with E-state index in [-0.39, 0.29) is 5.82 Å². The second-order valence-corrected chi connectivity index (χ2v) is 8.56. The van der Waals surface area contributed by atoms with Crippen LogP contribution < -0.4 is 4.90 Å². The highest BCUT2D eigenvalue weighted by atomic mass is 32.2. The molecule has 1 fully saturated rings. The second kappa shape index (κ2) is 9.41. The molecule has 1 atom stereocenters. The molecular weight excluding hydrogens is 387 g/mol. The Hall–Kier alpha value is -2.38. The molecule has 7 heteroatoms. The van der Waals surface area contributed by atoms with Crippen LogP contribution in [0.15, 0.2) is 59.8 Å². The molecule has 0 amide bonds. The molecule has 2 aromatic carbocycles. The van der Waals surface area contributed by atoms with Crippen molar-refractivity contribution in [3.8, 4) is 5.69 Å². The quantitative estimate of drug-likeness (QED) is 0.540. The molecule has 1 aliphatic rings. The highest BCUT2D eigenvalue weighted by molar-refractivity contribution is 7.99. The summed E-state index contributed by atoms with van der Waals surface area (Å²) in [5, 5.41) is 10.1. The Morgan fingerprint density at radius 2 is 1.86 bits per heavy atom. The van der Waals surface area contributed by atoms with Crippen LogP contribution in [0.1, 0.15) is 18.9 Å². The lowest BCUT2D eigenvalue weighted by molar-refractivity contribution is 0.122. The third-order valence-corrected chi connectivity index (χ3v) is 6.08. The van der Waals surface area contributed by atoms with Crippen LogP contribution in [-0.4, -0.2) is 46.3 Å². The number of morpholine rings is 1. The van der Waals surface area contributed by atoms with Crippen LogP contribution in [0.5, 0.6) is 0 Å². The lowest BCUT2D eigenvalue weighted by Crippen LogP contribution is -2.37. The summed E-state index contributed by atoms with van der Waals surface area (Å²) in [5.41, 5.74) is 2.08. The molecule has 152 valence electrons. The first-order chi connectivity index (χ1) is 14.2. The van der Waals surface area contributed by atoms with Crippen molar-refractivity contribution < 1.29 is 9.13 Å². The molecule has 1 aliphatic heterocycles. The van der Waals surface area contributed by atoms with Crippen LogP contribution >= 0.6 is 11.8 Å². The van der Waals surface area contributed by atoms with Crippen molar-refractivity contribution in [1.29, 1.82) is 0 Å². The van der Waals surface area contributed by atoms with Crippen LogP contribution in [-0.2, 0) is 11.2 Å². The predicted molar refractivity (Wildman–Crippen MR) is 114 cm³/mol. The van der Waals surface area contributed by atoms with E-state index in [0.717, 1.165) is 42.7 Å². The molecule has 1 aromatic heterocycles. The van der Waals surface area contributed by atoms with Gasteiger partial charge in [-0.05, 0) is 36.6 Å². The largest absolute Gasteiger partial charge is 0.378 e. The minimum atomic E-state index is -0.266. The molecule has 4 rings (SSSR count). The predicted octanol–water partition coefficient (Wildman–Crippen LogP) is 4.36. The Morgan fingerprint density at radius 1 is 1.07 bits per heavy atom. The van der Waals surface area contributed by atoms with E-state index in [1.165, 1.54) is 17.7 Å². The van der Waals surface area contributed by atoms with Crippen molar-refractivity contribution in [2.24, 2.45) is 0 Å². The van der Waals surface area contributed by atoms with Gasteiger partial charge in [0, 0.05) is 18.3 Å². The molecule has 2 heterocycles. The average Bonchev–Trinajstić information content (AvgIpc) is 3.17. The fourth-order valence-electron chi connectivity index (χ4n) is 3.40. The molecule has 1 saturated heterocycles. The van der Waals surface area contributed by atoms with E-state index >= 15 is 0 Å². The highest BCUT2D eigenvalue weighted by Crippen LogP contribution is 2.31. The van der Waals surface area contributed by atoms with Gasteiger partial charge in [-0.2, -0.15) is 0 Å². The Morgan fingerprint density at radius 3 is 2.62 bits per heavy atom. The summed E-state index contributed by atoms with van der Waals surface area (Å²) in [6.45, 7) is 5.02. The molecule has 5 nitrogen and oxygen atoms in total. The van der Waals surface area contributed by atoms with E-state index in [9.17, 15) is 4.39 Å². The number of ether oxygens (including phenoxy) is 1. The van der Waals surface area contributed by atoms with Gasteiger partial charge in [-0.1, -0.05) is 55.1 Å². The van der Waals surface area contributed by atoms with E-state index in [1.807, 2.05) is 16.7 Å². The van der Waals surface area contributed by atoms with Gasteiger partial charge in [0.1, 0.15) is 5.82 Å². The number of aryl methyl sites for hydroxylation is 1. The van der Waals surface area contributed by atoms with E-state index in [0.29, 0.717) is 18.5 Å². The van der Waals surface area contributed by atoms with Gasteiger partial charge in [0.2, 0.25) is 5.95 Å². The zero-order chi connectivity index (χ0) is 20.1. The molecule has 0 N–H and O–H groups in total. The lowest BCUT2D eigenvalue weighted by Gasteiger charge is -2.28. The minimum absolute atomic E-state index is 0.266. The number of aromatic nitrogens is 3. The maximum Gasteiger partial charge on any atom is 0.232 e. The van der Waals surface area contributed by atoms with Gasteiger partial charge in [0.15, 0.2) is 5.16 Å². The number of thioether (sulfide) groups is 1. The van der Waals surface area contributed by atoms with Crippen molar-refractivity contribution in [2.45, 2.75) is 30.2 Å². The standard InChI is InChI=1S/C22H25FN4OS/c1-17(10-11-18-6-3-2-4-7-18)29-22-25-24-21(26-12-14-28-15-13-26)27(22)20-9-5-8-19(23)16-20/h2-9,16-17H,10-15H2,1H3. The van der Waals surface area contributed by atoms with Gasteiger partial charge in [-0.25, -0.2) is 4.39 Å². The van der Waals surface area contributed by atoms with Gasteiger partial charge < -0.3 is 9.64 Å². The molecule has 0 saturated carbocycles. The Balaban J connectivity index is 1.56. The third kappa shape index (κ3) is 4.97. The monoisotopic (exact) mass is 412 g/mol. The van der Waals surface area contributed by atoms with Gasteiger partial charge in [-0.3, -0.25) is 4.57 Å². The zero-order valence-corrected chi connectivity index (χ0v) is 17.3. The lowest BCUT2D eigenvalue weighted by atomic mass is 10.1. The summed E-state index contributed by atoms with van der Waals surface area (Å²) in [6, 6.07) is 17.1. The van der Waals surface area contributed by atoms with Crippen molar-refractivity contribution >= 4 is 17.7 Å². The minimum Gasteiger partial charge on any atom is -0.378 e. The van der Waals surface area contributed by atoms with Crippen molar-refractivity contribution in [2.75, 3.05) is 31.2 Å². The zero-order valence-electron chi connectivity index (χ0n) is 16.5. The fourth-order valence-corrected chi connectivity index (χ4v) is 4.38. The summed E-state index contributed by atoms with van der Waals surface area (Å²) in [6.07, 6.45) is 2.04. The normalized spacial score (nSPS) is 15.4. The Bertz CT molecular complexity index is 928. The number of hydrogen-bond acceptors (Lipinski definition) is 5. The Kier molecular flexibility index (Phi) is 6.46. The second-order valence-electron chi connectivity index (χ2n) is 7.15. The maximum atomic E-state index is 13.9. The van der Waals surface area contributed by atoms with Crippen LogP contribution in [0, 0.1) is 5.82 Å². The first kappa shape index (κ1) is 19.9. The molecule has 3 aromatic rings. The molecular formula is C22H25FN4OS. The molecule has 1 unspecified atom stereocenters. The van der Waals surface area contributed by atoms with E-state index in [2.05, 4.69) is 46.3 Å². The highest BCUT2D eigenvalue weighted by Gasteiger charge is 2.23. The SMILES string of the molecule is CC(CCc1ccccc1)Sc1nnc(N2CCOCC2)n1-c1cccc(F)c1. The van der Waals surface area contributed by atoms with Crippen LogP contribution in [0.4, 0.5) is 10.3 Å². The van der Waals surface area contributed by atoms with Gasteiger partial charge in [0.05, 0.1) is 18.9 Å². The number of rotatable bonds is 7. The average molecular weight is 413 g/mol. The Labute approximate surface area is 174 Å². The van der Waals surface area contributed by atoms with Crippen LogP contribution in [0.3, 0.4) is 0 Å². The van der Waals surface area contributed by atoms with Crippen LogP contribution in [0.2, 0.25) is 0 Å². The topological polar surface area (TPSA) is 43.2 Å². The molecule has 0 aliphatic carbocycles. The van der Waals surface area contributed by atoms with Gasteiger partial charge in [-0.15, -0.1) is 10.2 Å². The fraction of sp³-hybridized carbons (Fsp3) is 0.364. The molecule has 0 radical (unpaired) electrons.